The van der Waals surface area contributed by atoms with Gasteiger partial charge in [0.1, 0.15) is 5.65 Å². The number of pyridine rings is 1. The monoisotopic (exact) mass is 1650 g/mol. The second-order valence-corrected chi connectivity index (χ2v) is 37.4. The van der Waals surface area contributed by atoms with Gasteiger partial charge in [0.2, 0.25) is 0 Å². The summed E-state index contributed by atoms with van der Waals surface area (Å²) in [7, 11) is 0. The van der Waals surface area contributed by atoms with E-state index in [1.807, 2.05) is 57.6 Å². The average Bonchev–Trinajstić information content (AvgIpc) is 1.57. The van der Waals surface area contributed by atoms with Crippen LogP contribution >= 0.6 is 45.3 Å². The van der Waals surface area contributed by atoms with Crippen molar-refractivity contribution in [1.29, 1.82) is 0 Å². The molecule has 11 heteroatoms. The fraction of sp³-hybridized carbons (Fsp3) is 0. The Morgan fingerprint density at radius 1 is 0.194 bits per heavy atom. The van der Waals surface area contributed by atoms with Crippen molar-refractivity contribution in [2.75, 3.05) is 0 Å². The van der Waals surface area contributed by atoms with Crippen LogP contribution in [0.5, 0.6) is 0 Å². The number of thiophene rings is 4. The molecule has 0 atom stereocenters. The molecule has 0 saturated carbocycles. The number of nitrogens with one attached hydrogen (secondary N) is 3. The van der Waals surface area contributed by atoms with Gasteiger partial charge in [-0.05, 0) is 202 Å². The van der Waals surface area contributed by atoms with E-state index < -0.39 is 0 Å². The lowest BCUT2D eigenvalue weighted by Gasteiger charge is -2.08. The van der Waals surface area contributed by atoms with Crippen LogP contribution in [0.4, 0.5) is 0 Å². The molecule has 19 aromatic carbocycles. The van der Waals surface area contributed by atoms with Crippen molar-refractivity contribution in [3.63, 3.8) is 0 Å². The summed E-state index contributed by atoms with van der Waals surface area (Å²) >= 11 is 7.54. The number of benzene rings is 19. The van der Waals surface area contributed by atoms with Gasteiger partial charge in [-0.2, -0.15) is 0 Å². The van der Waals surface area contributed by atoms with Gasteiger partial charge in [-0.3, -0.25) is 0 Å². The van der Waals surface area contributed by atoms with Crippen molar-refractivity contribution >= 4 is 289 Å². The number of aromatic amines is 3. The number of nitrogens with zero attached hydrogens (tertiary/aromatic N) is 4. The zero-order valence-electron chi connectivity index (χ0n) is 66.2. The van der Waals surface area contributed by atoms with E-state index in [-0.39, 0.29) is 0 Å². The van der Waals surface area contributed by atoms with Crippen LogP contribution in [0.2, 0.25) is 0 Å². The lowest BCUT2D eigenvalue weighted by Crippen LogP contribution is -1.93. The predicted octanol–water partition coefficient (Wildman–Crippen LogP) is 33.2. The van der Waals surface area contributed by atoms with Crippen molar-refractivity contribution in [1.82, 2.24) is 33.6 Å². The van der Waals surface area contributed by atoms with Crippen molar-refractivity contribution in [2.24, 2.45) is 0 Å². The first-order valence-electron chi connectivity index (χ1n) is 42.1. The number of aromatic nitrogens is 7. The molecule has 30 rings (SSSR count). The zero-order valence-corrected chi connectivity index (χ0v) is 69.5. The van der Waals surface area contributed by atoms with Gasteiger partial charge in [0.15, 0.2) is 0 Å². The van der Waals surface area contributed by atoms with Crippen LogP contribution in [0, 0.1) is 0 Å². The first kappa shape index (κ1) is 68.6. The second-order valence-electron chi connectivity index (χ2n) is 33.0. The first-order valence-corrected chi connectivity index (χ1v) is 45.4. The SMILES string of the molecule is c1ccc(-c2ccc3c(c2)c2cc4c(cc2n3-c2ccccc2)sc2cc3c(cc24)[nH]c2ccccc23)cc1.c1ccc(-n2c3cc4ccccc4cc3c3cc4c(cc32)sc2cc3c(cc24)[nH]c2c4ccccc4c4ccccc4c32)cc1.c1ccc2c(c1)sc1cc(-n3c4ccccc4c4cc5c(cc43)sc3cc4c(cc35)[nH]c3ncccc34)ccc12. The fourth-order valence-corrected chi connectivity index (χ4v) is 25.3. The van der Waals surface area contributed by atoms with Gasteiger partial charge in [-0.25, -0.2) is 4.98 Å². The van der Waals surface area contributed by atoms with Gasteiger partial charge < -0.3 is 28.7 Å². The van der Waals surface area contributed by atoms with E-state index in [0.29, 0.717) is 0 Å². The quantitative estimate of drug-likeness (QED) is 0.151. The molecule has 124 heavy (non-hydrogen) atoms. The smallest absolute Gasteiger partial charge is 0.138 e. The molecule has 576 valence electrons. The maximum Gasteiger partial charge on any atom is 0.138 e. The zero-order chi connectivity index (χ0) is 80.7. The molecule has 0 bridgehead atoms. The number of H-pyrrole nitrogens is 3. The number of hydrogen-bond acceptors (Lipinski definition) is 5. The Morgan fingerprint density at radius 2 is 0.629 bits per heavy atom. The van der Waals surface area contributed by atoms with E-state index in [1.54, 1.807) is 0 Å². The van der Waals surface area contributed by atoms with E-state index in [0.717, 1.165) is 11.2 Å². The van der Waals surface area contributed by atoms with Crippen molar-refractivity contribution in [3.05, 3.63) is 376 Å². The maximum absolute atomic E-state index is 4.54. The molecule has 0 spiro atoms. The van der Waals surface area contributed by atoms with E-state index >= 15 is 0 Å². The summed E-state index contributed by atoms with van der Waals surface area (Å²) in [4.78, 5) is 15.6. The highest BCUT2D eigenvalue weighted by molar-refractivity contribution is 7.27. The summed E-state index contributed by atoms with van der Waals surface area (Å²) in [5, 5.41) is 33.6. The van der Waals surface area contributed by atoms with Gasteiger partial charge in [0.05, 0.1) is 38.6 Å². The Balaban J connectivity index is 0.0000000954. The summed E-state index contributed by atoms with van der Waals surface area (Å²) in [5.74, 6) is 0. The number of fused-ring (bicyclic) bond motifs is 36. The third kappa shape index (κ3) is 10.1. The van der Waals surface area contributed by atoms with Crippen LogP contribution in [-0.4, -0.2) is 33.6 Å². The summed E-state index contributed by atoms with van der Waals surface area (Å²) in [6, 6.07) is 136. The van der Waals surface area contributed by atoms with Crippen LogP contribution in [0.3, 0.4) is 0 Å². The van der Waals surface area contributed by atoms with Gasteiger partial charge in [0.25, 0.3) is 0 Å². The Morgan fingerprint density at radius 3 is 1.31 bits per heavy atom. The molecular weight excluding hydrogens is 1580 g/mol. The average molecular weight is 1650 g/mol. The van der Waals surface area contributed by atoms with E-state index in [2.05, 4.69) is 398 Å². The predicted molar refractivity (Wildman–Crippen MR) is 538 cm³/mol. The molecule has 0 amide bonds. The molecule has 0 aliphatic carbocycles. The fourth-order valence-electron chi connectivity index (χ4n) is 20.8. The van der Waals surface area contributed by atoms with Crippen LogP contribution in [-0.2, 0) is 0 Å². The third-order valence-electron chi connectivity index (χ3n) is 26.3. The molecule has 0 fully saturated rings. The molecule has 11 heterocycles. The number of rotatable bonds is 4. The van der Waals surface area contributed by atoms with E-state index in [1.165, 1.54) is 261 Å². The minimum Gasteiger partial charge on any atom is -0.354 e. The van der Waals surface area contributed by atoms with Crippen molar-refractivity contribution in [2.45, 2.75) is 0 Å². The van der Waals surface area contributed by atoms with E-state index in [4.69, 9.17) is 0 Å². The topological polar surface area (TPSA) is 75.0 Å². The second kappa shape index (κ2) is 26.2. The molecular formula is C113H65N7S4. The number of para-hydroxylation sites is 4. The van der Waals surface area contributed by atoms with Crippen LogP contribution < -0.4 is 0 Å². The Kier molecular flexibility index (Phi) is 14.5. The highest BCUT2D eigenvalue weighted by atomic mass is 32.1. The number of hydrogen-bond donors (Lipinski definition) is 3. The Bertz CT molecular complexity index is 9850. The van der Waals surface area contributed by atoms with Crippen molar-refractivity contribution < 1.29 is 0 Å². The summed E-state index contributed by atoms with van der Waals surface area (Å²) in [6.45, 7) is 0. The molecule has 0 aliphatic rings. The standard InChI is InChI=1S/C42H24N2S.C36H22N2S.C35H19N3S2/c1-2-12-26(13-3-1)44-37-19-25-11-5-4-10-24(25)18-31(37)32-20-33-34-21-36-35(22-39(34)45-40(33)23-38(32)44)41-29-16-8-6-14-27(29)28-15-7-9-17-30(28)42(41)43-36;1-3-9-22(10-4-1)23-15-16-33-27(17-23)28-18-29-30-19-32-26(25-13-7-8-14-31(25)37-32)20-35(30)39-36(29)21-34(28)38(33)24-11-5-2-6-12-24;1-3-9-29-20(6-1)25-15-26-27-16-28-24(23-8-5-13-36-35(23)37-28)17-33(27)40-34(26)18-30(25)38(29)19-11-12-22-21-7-2-4-10-31(21)39-32(22)14-19/h1-23,43H;1-21,37H;1-18H,(H,36,37). The van der Waals surface area contributed by atoms with Crippen molar-refractivity contribution in [3.8, 4) is 28.2 Å². The maximum atomic E-state index is 4.54. The molecule has 3 N–H and O–H groups in total. The Labute approximate surface area is 721 Å². The molecule has 0 saturated heterocycles. The highest BCUT2D eigenvalue weighted by Gasteiger charge is 2.24. The third-order valence-corrected chi connectivity index (χ3v) is 30.8. The summed E-state index contributed by atoms with van der Waals surface area (Å²) < 4.78 is 17.9. The van der Waals surface area contributed by atoms with Crippen LogP contribution in [0.15, 0.2) is 376 Å². The molecule has 7 nitrogen and oxygen atoms in total. The van der Waals surface area contributed by atoms with Gasteiger partial charge in [-0.1, -0.05) is 206 Å². The molecule has 0 radical (unpaired) electrons. The minimum absolute atomic E-state index is 0.945. The van der Waals surface area contributed by atoms with Gasteiger partial charge in [-0.15, -0.1) is 45.3 Å². The lowest BCUT2D eigenvalue weighted by atomic mass is 9.96. The van der Waals surface area contributed by atoms with Crippen LogP contribution in [0.25, 0.3) is 272 Å². The molecule has 0 aliphatic heterocycles. The Hall–Kier alpha value is -15.2. The summed E-state index contributed by atoms with van der Waals surface area (Å²) in [5.41, 5.74) is 20.4. The largest absolute Gasteiger partial charge is 0.354 e. The van der Waals surface area contributed by atoms with Gasteiger partial charge >= 0.3 is 0 Å². The normalized spacial score (nSPS) is 12.4. The molecule has 30 aromatic rings. The van der Waals surface area contributed by atoms with Gasteiger partial charge in [0, 0.05) is 196 Å². The first-order chi connectivity index (χ1) is 61.4. The summed E-state index contributed by atoms with van der Waals surface area (Å²) in [6.07, 6.45) is 1.85. The molecule has 0 unspecified atom stereocenters. The molecule has 11 aromatic heterocycles. The lowest BCUT2D eigenvalue weighted by molar-refractivity contribution is 1.18. The highest BCUT2D eigenvalue weighted by Crippen LogP contribution is 2.50. The van der Waals surface area contributed by atoms with E-state index in [9.17, 15) is 0 Å². The van der Waals surface area contributed by atoms with Crippen LogP contribution in [0.1, 0.15) is 0 Å². The minimum atomic E-state index is 0.945.